The summed E-state index contributed by atoms with van der Waals surface area (Å²) in [4.78, 5) is 38.0. The number of carbonyl (C=O) groups is 3. The molecule has 0 atom stereocenters. The number of hydrogen-bond donors (Lipinski definition) is 0. The molecule has 0 fully saturated rings. The molecule has 1 aliphatic heterocycles. The van der Waals surface area contributed by atoms with E-state index >= 15 is 0 Å². The van der Waals surface area contributed by atoms with Crippen molar-refractivity contribution in [3.05, 3.63) is 82.1 Å². The molecule has 3 aromatic rings. The van der Waals surface area contributed by atoms with Crippen molar-refractivity contribution >= 4 is 33.7 Å². The predicted octanol–water partition coefficient (Wildman–Crippen LogP) is 3.75. The fourth-order valence-corrected chi connectivity index (χ4v) is 3.61. The Balaban J connectivity index is 1.24. The Kier molecular flexibility index (Phi) is 5.76. The molecule has 0 N–H and O–H groups in total. The first-order chi connectivity index (χ1) is 14.5. The van der Waals surface area contributed by atoms with E-state index in [2.05, 4.69) is 21.0 Å². The number of carbonyl (C=O) groups excluding carboxylic acids is 3. The largest absolute Gasteiger partial charge is 0.461 e. The molecular formula is C22H18BrN3O4. The van der Waals surface area contributed by atoms with Gasteiger partial charge in [0, 0.05) is 29.8 Å². The SMILES string of the molecule is O=C(CCCN1C(=O)c2ccc(Br)cc2C1=O)OCc1ccc(-n2cccn2)cc1. The summed E-state index contributed by atoms with van der Waals surface area (Å²) in [5, 5.41) is 4.16. The average molecular weight is 468 g/mol. The molecule has 0 unspecified atom stereocenters. The number of rotatable bonds is 7. The zero-order valence-corrected chi connectivity index (χ0v) is 17.5. The van der Waals surface area contributed by atoms with E-state index in [1.165, 1.54) is 4.90 Å². The summed E-state index contributed by atoms with van der Waals surface area (Å²) in [6.07, 6.45) is 4.03. The van der Waals surface area contributed by atoms with Gasteiger partial charge in [0.25, 0.3) is 11.8 Å². The van der Waals surface area contributed by atoms with Crippen LogP contribution in [0.25, 0.3) is 5.69 Å². The van der Waals surface area contributed by atoms with Crippen LogP contribution in [0.4, 0.5) is 0 Å². The van der Waals surface area contributed by atoms with Gasteiger partial charge in [0.15, 0.2) is 0 Å². The van der Waals surface area contributed by atoms with Crippen molar-refractivity contribution in [2.75, 3.05) is 6.54 Å². The van der Waals surface area contributed by atoms with Gasteiger partial charge in [0.05, 0.1) is 16.8 Å². The highest BCUT2D eigenvalue weighted by Crippen LogP contribution is 2.26. The minimum Gasteiger partial charge on any atom is -0.461 e. The molecule has 8 heteroatoms. The van der Waals surface area contributed by atoms with Crippen molar-refractivity contribution in [1.82, 2.24) is 14.7 Å². The van der Waals surface area contributed by atoms with Gasteiger partial charge < -0.3 is 4.74 Å². The van der Waals surface area contributed by atoms with E-state index in [0.29, 0.717) is 17.5 Å². The molecule has 0 saturated carbocycles. The molecule has 0 spiro atoms. The van der Waals surface area contributed by atoms with E-state index in [9.17, 15) is 14.4 Å². The Morgan fingerprint density at radius 1 is 1.03 bits per heavy atom. The molecule has 0 bridgehead atoms. The van der Waals surface area contributed by atoms with Gasteiger partial charge in [-0.3, -0.25) is 19.3 Å². The van der Waals surface area contributed by atoms with Gasteiger partial charge >= 0.3 is 5.97 Å². The van der Waals surface area contributed by atoms with Crippen molar-refractivity contribution in [2.24, 2.45) is 0 Å². The third-order valence-corrected chi connectivity index (χ3v) is 5.29. The fraction of sp³-hybridized carbons (Fsp3) is 0.182. The Hall–Kier alpha value is -3.26. The second-order valence-corrected chi connectivity index (χ2v) is 7.75. The van der Waals surface area contributed by atoms with Gasteiger partial charge in [-0.25, -0.2) is 4.68 Å². The molecule has 2 heterocycles. The monoisotopic (exact) mass is 467 g/mol. The van der Waals surface area contributed by atoms with Crippen LogP contribution in [0.1, 0.15) is 39.1 Å². The predicted molar refractivity (Wildman–Crippen MR) is 112 cm³/mol. The molecular weight excluding hydrogens is 450 g/mol. The first kappa shape index (κ1) is 20.0. The third kappa shape index (κ3) is 4.18. The fourth-order valence-electron chi connectivity index (χ4n) is 3.25. The summed E-state index contributed by atoms with van der Waals surface area (Å²) in [6, 6.07) is 14.4. The number of esters is 1. The summed E-state index contributed by atoms with van der Waals surface area (Å²) in [7, 11) is 0. The molecule has 0 aliphatic carbocycles. The maximum absolute atomic E-state index is 12.4. The molecule has 1 aliphatic rings. The van der Waals surface area contributed by atoms with Crippen molar-refractivity contribution in [2.45, 2.75) is 19.4 Å². The number of amides is 2. The standard InChI is InChI=1S/C22H18BrN3O4/c23-16-6-9-18-19(13-16)22(29)25(21(18)28)11-1-3-20(27)30-14-15-4-7-17(8-5-15)26-12-2-10-24-26/h2,4-10,12-13H,1,3,11,14H2. The van der Waals surface area contributed by atoms with E-state index in [1.54, 1.807) is 29.1 Å². The van der Waals surface area contributed by atoms with E-state index in [-0.39, 0.29) is 37.4 Å². The zero-order chi connectivity index (χ0) is 21.1. The molecule has 0 radical (unpaired) electrons. The maximum atomic E-state index is 12.4. The highest BCUT2D eigenvalue weighted by molar-refractivity contribution is 9.10. The average Bonchev–Trinajstić information content (AvgIpc) is 3.36. The number of aromatic nitrogens is 2. The highest BCUT2D eigenvalue weighted by Gasteiger charge is 2.35. The lowest BCUT2D eigenvalue weighted by molar-refractivity contribution is -0.145. The Morgan fingerprint density at radius 3 is 2.53 bits per heavy atom. The van der Waals surface area contributed by atoms with E-state index in [0.717, 1.165) is 15.7 Å². The summed E-state index contributed by atoms with van der Waals surface area (Å²) < 4.78 is 7.78. The topological polar surface area (TPSA) is 81.5 Å². The van der Waals surface area contributed by atoms with Gasteiger partial charge in [0.2, 0.25) is 0 Å². The first-order valence-electron chi connectivity index (χ1n) is 9.43. The van der Waals surface area contributed by atoms with Crippen molar-refractivity contribution in [3.63, 3.8) is 0 Å². The lowest BCUT2D eigenvalue weighted by Gasteiger charge is -2.13. The molecule has 1 aromatic heterocycles. The van der Waals surface area contributed by atoms with E-state index in [1.807, 2.05) is 36.5 Å². The van der Waals surface area contributed by atoms with Crippen LogP contribution in [0.2, 0.25) is 0 Å². The highest BCUT2D eigenvalue weighted by atomic mass is 79.9. The Bertz CT molecular complexity index is 1090. The number of benzene rings is 2. The Labute approximate surface area is 181 Å². The van der Waals surface area contributed by atoms with Crippen molar-refractivity contribution < 1.29 is 19.1 Å². The summed E-state index contributed by atoms with van der Waals surface area (Å²) >= 11 is 3.31. The first-order valence-corrected chi connectivity index (χ1v) is 10.2. The molecule has 0 saturated heterocycles. The summed E-state index contributed by atoms with van der Waals surface area (Å²) in [5.41, 5.74) is 2.56. The number of fused-ring (bicyclic) bond motifs is 1. The minimum atomic E-state index is -0.370. The second-order valence-electron chi connectivity index (χ2n) is 6.83. The smallest absolute Gasteiger partial charge is 0.306 e. The van der Waals surface area contributed by atoms with Crippen LogP contribution in [0.5, 0.6) is 0 Å². The van der Waals surface area contributed by atoms with Crippen LogP contribution in [-0.4, -0.2) is 39.0 Å². The number of nitrogens with zero attached hydrogens (tertiary/aromatic N) is 3. The molecule has 2 aromatic carbocycles. The van der Waals surface area contributed by atoms with Crippen LogP contribution < -0.4 is 0 Å². The third-order valence-electron chi connectivity index (χ3n) is 4.80. The van der Waals surface area contributed by atoms with Crippen LogP contribution in [0.15, 0.2) is 65.4 Å². The number of hydrogen-bond acceptors (Lipinski definition) is 5. The summed E-state index contributed by atoms with van der Waals surface area (Å²) in [6.45, 7) is 0.344. The second kappa shape index (κ2) is 8.62. The zero-order valence-electron chi connectivity index (χ0n) is 16.0. The molecule has 30 heavy (non-hydrogen) atoms. The molecule has 152 valence electrons. The van der Waals surface area contributed by atoms with Gasteiger partial charge in [-0.1, -0.05) is 28.1 Å². The molecule has 4 rings (SSSR count). The van der Waals surface area contributed by atoms with Gasteiger partial charge in [-0.15, -0.1) is 0 Å². The number of imide groups is 1. The van der Waals surface area contributed by atoms with Crippen molar-refractivity contribution in [1.29, 1.82) is 0 Å². The Morgan fingerprint density at radius 2 is 1.80 bits per heavy atom. The van der Waals surface area contributed by atoms with Gasteiger partial charge in [0.1, 0.15) is 6.61 Å². The normalized spacial score (nSPS) is 12.9. The lowest BCUT2D eigenvalue weighted by Crippen LogP contribution is -2.31. The van der Waals surface area contributed by atoms with Gasteiger partial charge in [-0.2, -0.15) is 5.10 Å². The quantitative estimate of drug-likeness (QED) is 0.390. The van der Waals surface area contributed by atoms with Crippen LogP contribution in [-0.2, 0) is 16.1 Å². The van der Waals surface area contributed by atoms with E-state index < -0.39 is 0 Å². The summed E-state index contributed by atoms with van der Waals surface area (Å²) in [5.74, 6) is -1.03. The minimum absolute atomic E-state index is 0.127. The molecule has 7 nitrogen and oxygen atoms in total. The lowest BCUT2D eigenvalue weighted by atomic mass is 10.1. The van der Waals surface area contributed by atoms with Gasteiger partial charge in [-0.05, 0) is 48.4 Å². The van der Waals surface area contributed by atoms with Crippen LogP contribution >= 0.6 is 15.9 Å². The molecule has 2 amide bonds. The number of ether oxygens (including phenoxy) is 1. The van der Waals surface area contributed by atoms with Crippen molar-refractivity contribution in [3.8, 4) is 5.69 Å². The maximum Gasteiger partial charge on any atom is 0.306 e. The van der Waals surface area contributed by atoms with Crippen LogP contribution in [0.3, 0.4) is 0 Å². The number of halogens is 1. The van der Waals surface area contributed by atoms with E-state index in [4.69, 9.17) is 4.74 Å². The van der Waals surface area contributed by atoms with Crippen LogP contribution in [0, 0.1) is 0 Å².